The molecular formula is C21H32N2O3. The number of hydrogen-bond acceptors (Lipinski definition) is 3. The molecule has 5 nitrogen and oxygen atoms in total. The van der Waals surface area contributed by atoms with Gasteiger partial charge in [-0.3, -0.25) is 9.59 Å². The Bertz CT molecular complexity index is 634. The highest BCUT2D eigenvalue weighted by Crippen LogP contribution is 2.21. The summed E-state index contributed by atoms with van der Waals surface area (Å²) in [5.74, 6) is 1.28. The van der Waals surface area contributed by atoms with Gasteiger partial charge in [0, 0.05) is 25.0 Å². The minimum Gasteiger partial charge on any atom is -0.483 e. The summed E-state index contributed by atoms with van der Waals surface area (Å²) in [6.45, 7) is 11.5. The van der Waals surface area contributed by atoms with Crippen molar-refractivity contribution < 1.29 is 14.3 Å². The fourth-order valence-electron chi connectivity index (χ4n) is 2.99. The van der Waals surface area contributed by atoms with Crippen LogP contribution < -0.4 is 10.1 Å². The zero-order chi connectivity index (χ0) is 19.3. The van der Waals surface area contributed by atoms with Gasteiger partial charge in [0.05, 0.1) is 0 Å². The van der Waals surface area contributed by atoms with Crippen LogP contribution in [0.3, 0.4) is 0 Å². The average molecular weight is 360 g/mol. The Kier molecular flexibility index (Phi) is 7.06. The maximum Gasteiger partial charge on any atom is 0.260 e. The van der Waals surface area contributed by atoms with Gasteiger partial charge in [0.2, 0.25) is 5.91 Å². The molecule has 0 aliphatic carbocycles. The minimum absolute atomic E-state index is 0.000172. The quantitative estimate of drug-likeness (QED) is 0.848. The first kappa shape index (κ1) is 20.3. The lowest BCUT2D eigenvalue weighted by Gasteiger charge is -2.32. The van der Waals surface area contributed by atoms with Gasteiger partial charge in [-0.05, 0) is 56.7 Å². The number of aryl methyl sites for hydroxylation is 2. The Morgan fingerprint density at radius 3 is 2.46 bits per heavy atom. The number of ether oxygens (including phenoxy) is 1. The topological polar surface area (TPSA) is 58.6 Å². The standard InChI is InChI=1S/C21H32N2O3/c1-14(2)17(5)22-21(25)18-8-10-23(11-9-18)20(24)13-26-19-12-15(3)6-7-16(19)4/h6-7,12,14,17-18H,8-11,13H2,1-5H3,(H,22,25). The monoisotopic (exact) mass is 360 g/mol. The van der Waals surface area contributed by atoms with E-state index in [0.717, 1.165) is 16.9 Å². The molecule has 1 atom stereocenters. The van der Waals surface area contributed by atoms with E-state index in [-0.39, 0.29) is 30.4 Å². The number of likely N-dealkylation sites (tertiary alicyclic amines) is 1. The van der Waals surface area contributed by atoms with Crippen molar-refractivity contribution in [3.05, 3.63) is 29.3 Å². The van der Waals surface area contributed by atoms with Crippen LogP contribution in [0, 0.1) is 25.7 Å². The number of carbonyl (C=O) groups excluding carboxylic acids is 2. The van der Waals surface area contributed by atoms with E-state index in [9.17, 15) is 9.59 Å². The number of carbonyl (C=O) groups is 2. The molecule has 2 rings (SSSR count). The lowest BCUT2D eigenvalue weighted by molar-refractivity contribution is -0.137. The Morgan fingerprint density at radius 2 is 1.85 bits per heavy atom. The van der Waals surface area contributed by atoms with Crippen LogP contribution in [0.5, 0.6) is 5.75 Å². The molecule has 0 spiro atoms. The minimum atomic E-state index is -0.0136. The van der Waals surface area contributed by atoms with Crippen molar-refractivity contribution in [1.29, 1.82) is 0 Å². The third kappa shape index (κ3) is 5.48. The van der Waals surface area contributed by atoms with Gasteiger partial charge in [-0.2, -0.15) is 0 Å². The zero-order valence-corrected chi connectivity index (χ0v) is 16.7. The predicted octanol–water partition coefficient (Wildman–Crippen LogP) is 3.08. The van der Waals surface area contributed by atoms with Crippen molar-refractivity contribution in [3.63, 3.8) is 0 Å². The van der Waals surface area contributed by atoms with Gasteiger partial charge in [0.25, 0.3) is 5.91 Å². The fourth-order valence-corrected chi connectivity index (χ4v) is 2.99. The van der Waals surface area contributed by atoms with E-state index < -0.39 is 0 Å². The van der Waals surface area contributed by atoms with Gasteiger partial charge >= 0.3 is 0 Å². The lowest BCUT2D eigenvalue weighted by atomic mass is 9.95. The Labute approximate surface area is 157 Å². The second-order valence-electron chi connectivity index (χ2n) is 7.75. The van der Waals surface area contributed by atoms with Crippen molar-refractivity contribution in [2.75, 3.05) is 19.7 Å². The second kappa shape index (κ2) is 9.06. The first-order chi connectivity index (χ1) is 12.3. The molecule has 1 heterocycles. The molecule has 1 aliphatic heterocycles. The Balaban J connectivity index is 1.79. The molecule has 1 aromatic carbocycles. The molecule has 0 radical (unpaired) electrons. The van der Waals surface area contributed by atoms with Crippen LogP contribution in [0.4, 0.5) is 0 Å². The average Bonchev–Trinajstić information content (AvgIpc) is 2.62. The molecular weight excluding hydrogens is 328 g/mol. The van der Waals surface area contributed by atoms with Crippen LogP contribution >= 0.6 is 0 Å². The second-order valence-corrected chi connectivity index (χ2v) is 7.75. The molecule has 0 saturated carbocycles. The zero-order valence-electron chi connectivity index (χ0n) is 16.7. The molecule has 5 heteroatoms. The van der Waals surface area contributed by atoms with Gasteiger partial charge in [-0.25, -0.2) is 0 Å². The normalized spacial score (nSPS) is 16.5. The van der Waals surface area contributed by atoms with E-state index in [0.29, 0.717) is 31.8 Å². The molecule has 1 saturated heterocycles. The van der Waals surface area contributed by atoms with Crippen LogP contribution in [0.1, 0.15) is 44.7 Å². The SMILES string of the molecule is Cc1ccc(C)c(OCC(=O)N2CCC(C(=O)NC(C)C(C)C)CC2)c1. The number of benzene rings is 1. The van der Waals surface area contributed by atoms with E-state index in [1.807, 2.05) is 39.0 Å². The Hall–Kier alpha value is -2.04. The van der Waals surface area contributed by atoms with Crippen molar-refractivity contribution in [3.8, 4) is 5.75 Å². The summed E-state index contributed by atoms with van der Waals surface area (Å²) >= 11 is 0. The van der Waals surface area contributed by atoms with Crippen molar-refractivity contribution in [2.24, 2.45) is 11.8 Å². The van der Waals surface area contributed by atoms with Gasteiger partial charge in [0.1, 0.15) is 5.75 Å². The fraction of sp³-hybridized carbons (Fsp3) is 0.619. The first-order valence-electron chi connectivity index (χ1n) is 9.56. The van der Waals surface area contributed by atoms with E-state index in [1.54, 1.807) is 4.90 Å². The maximum absolute atomic E-state index is 12.4. The lowest BCUT2D eigenvalue weighted by Crippen LogP contribution is -2.46. The summed E-state index contributed by atoms with van der Waals surface area (Å²) in [6, 6.07) is 6.15. The molecule has 0 aromatic heterocycles. The van der Waals surface area contributed by atoms with Crippen LogP contribution in [-0.4, -0.2) is 42.5 Å². The summed E-state index contributed by atoms with van der Waals surface area (Å²) in [6.07, 6.45) is 1.43. The molecule has 0 bridgehead atoms. The first-order valence-corrected chi connectivity index (χ1v) is 9.56. The number of nitrogens with one attached hydrogen (secondary N) is 1. The van der Waals surface area contributed by atoms with Crippen LogP contribution in [0.15, 0.2) is 18.2 Å². The highest BCUT2D eigenvalue weighted by Gasteiger charge is 2.28. The predicted molar refractivity (Wildman–Crippen MR) is 103 cm³/mol. The van der Waals surface area contributed by atoms with Gasteiger partial charge in [0.15, 0.2) is 6.61 Å². The van der Waals surface area contributed by atoms with Gasteiger partial charge in [-0.15, -0.1) is 0 Å². The maximum atomic E-state index is 12.4. The van der Waals surface area contributed by atoms with E-state index in [1.165, 1.54) is 0 Å². The van der Waals surface area contributed by atoms with Crippen molar-refractivity contribution >= 4 is 11.8 Å². The smallest absolute Gasteiger partial charge is 0.260 e. The molecule has 1 aromatic rings. The molecule has 1 aliphatic rings. The number of rotatable bonds is 6. The molecule has 1 unspecified atom stereocenters. The molecule has 26 heavy (non-hydrogen) atoms. The number of piperidine rings is 1. The number of nitrogens with zero attached hydrogens (tertiary/aromatic N) is 1. The summed E-state index contributed by atoms with van der Waals surface area (Å²) < 4.78 is 5.72. The molecule has 2 amide bonds. The third-order valence-corrected chi connectivity index (χ3v) is 5.28. The summed E-state index contributed by atoms with van der Waals surface area (Å²) in [5.41, 5.74) is 2.14. The van der Waals surface area contributed by atoms with Crippen LogP contribution in [-0.2, 0) is 9.59 Å². The van der Waals surface area contributed by atoms with Crippen molar-refractivity contribution in [2.45, 2.75) is 53.5 Å². The number of hydrogen-bond donors (Lipinski definition) is 1. The van der Waals surface area contributed by atoms with E-state index in [4.69, 9.17) is 4.74 Å². The molecule has 1 fully saturated rings. The van der Waals surface area contributed by atoms with E-state index >= 15 is 0 Å². The Morgan fingerprint density at radius 1 is 1.19 bits per heavy atom. The highest BCUT2D eigenvalue weighted by atomic mass is 16.5. The summed E-state index contributed by atoms with van der Waals surface area (Å²) in [4.78, 5) is 26.5. The molecule has 144 valence electrons. The van der Waals surface area contributed by atoms with Crippen LogP contribution in [0.2, 0.25) is 0 Å². The highest BCUT2D eigenvalue weighted by molar-refractivity contribution is 5.80. The summed E-state index contributed by atoms with van der Waals surface area (Å²) in [5, 5.41) is 3.08. The van der Waals surface area contributed by atoms with E-state index in [2.05, 4.69) is 19.2 Å². The van der Waals surface area contributed by atoms with Crippen molar-refractivity contribution in [1.82, 2.24) is 10.2 Å². The van der Waals surface area contributed by atoms with Gasteiger partial charge in [-0.1, -0.05) is 26.0 Å². The third-order valence-electron chi connectivity index (χ3n) is 5.28. The summed E-state index contributed by atoms with van der Waals surface area (Å²) in [7, 11) is 0. The van der Waals surface area contributed by atoms with Gasteiger partial charge < -0.3 is 15.0 Å². The van der Waals surface area contributed by atoms with Crippen LogP contribution in [0.25, 0.3) is 0 Å². The largest absolute Gasteiger partial charge is 0.483 e. The number of amides is 2. The molecule has 1 N–H and O–H groups in total.